The average molecular weight is 110 g/mol. The van der Waals surface area contributed by atoms with Crippen molar-refractivity contribution in [3.05, 3.63) is 5.82 Å². The van der Waals surface area contributed by atoms with Gasteiger partial charge in [-0.15, -0.1) is 0 Å². The zero-order valence-electron chi connectivity index (χ0n) is 3.83. The van der Waals surface area contributed by atoms with Crippen LogP contribution in [0.15, 0.2) is 4.52 Å². The molecule has 1 heterocycles. The third-order valence-electron chi connectivity index (χ3n) is 0.542. The van der Waals surface area contributed by atoms with Crippen LogP contribution < -0.4 is 5.73 Å². The van der Waals surface area contributed by atoms with E-state index >= 15 is 0 Å². The third-order valence-corrected chi connectivity index (χ3v) is 0.542. The Bertz CT molecular complexity index is 221. The predicted octanol–water partition coefficient (Wildman–Crippen LogP) is -0.477. The molecule has 2 N–H and O–H groups in total. The van der Waals surface area contributed by atoms with Crippen molar-refractivity contribution in [2.45, 2.75) is 0 Å². The zero-order chi connectivity index (χ0) is 5.98. The second-order valence-corrected chi connectivity index (χ2v) is 1.07. The summed E-state index contributed by atoms with van der Waals surface area (Å²) in [6.07, 6.45) is 0. The fraction of sp³-hybridized carbons (Fsp3) is 0. The van der Waals surface area contributed by atoms with E-state index in [1.54, 1.807) is 6.07 Å². The lowest BCUT2D eigenvalue weighted by Crippen LogP contribution is -1.82. The van der Waals surface area contributed by atoms with Crippen molar-refractivity contribution in [2.75, 3.05) is 5.73 Å². The summed E-state index contributed by atoms with van der Waals surface area (Å²) in [7, 11) is 0. The van der Waals surface area contributed by atoms with Crippen LogP contribution in [0, 0.1) is 11.3 Å². The maximum Gasteiger partial charge on any atom is 0.319 e. The lowest BCUT2D eigenvalue weighted by atomic mass is 10.7. The standard InChI is InChI=1S/C3H2N4O/c4-1-2-6-3(5)8-7-2/h(H2,5,6,7). The van der Waals surface area contributed by atoms with Crippen LogP contribution in [0.1, 0.15) is 5.82 Å². The maximum absolute atomic E-state index is 8.06. The number of anilines is 1. The van der Waals surface area contributed by atoms with Crippen molar-refractivity contribution in [2.24, 2.45) is 0 Å². The van der Waals surface area contributed by atoms with Crippen molar-refractivity contribution in [3.8, 4) is 6.07 Å². The van der Waals surface area contributed by atoms with Crippen molar-refractivity contribution < 1.29 is 4.52 Å². The Morgan fingerprint density at radius 3 is 2.75 bits per heavy atom. The first-order chi connectivity index (χ1) is 3.83. The van der Waals surface area contributed by atoms with Gasteiger partial charge in [0.1, 0.15) is 6.07 Å². The second kappa shape index (κ2) is 1.50. The molecule has 40 valence electrons. The van der Waals surface area contributed by atoms with E-state index in [-0.39, 0.29) is 11.8 Å². The molecule has 0 aliphatic heterocycles. The SMILES string of the molecule is N#Cc1noc(N)n1. The van der Waals surface area contributed by atoms with E-state index in [9.17, 15) is 0 Å². The molecule has 0 fully saturated rings. The average Bonchev–Trinajstić information content (AvgIpc) is 2.14. The van der Waals surface area contributed by atoms with Crippen LogP contribution in [-0.4, -0.2) is 10.1 Å². The van der Waals surface area contributed by atoms with Gasteiger partial charge in [0.15, 0.2) is 0 Å². The maximum atomic E-state index is 8.06. The molecule has 0 amide bonds. The normalized spacial score (nSPS) is 8.38. The van der Waals surface area contributed by atoms with Gasteiger partial charge >= 0.3 is 6.01 Å². The molecule has 0 saturated carbocycles. The molecule has 8 heavy (non-hydrogen) atoms. The fourth-order valence-electron chi connectivity index (χ4n) is 0.281. The summed E-state index contributed by atoms with van der Waals surface area (Å²) in [5, 5.41) is 11.2. The molecule has 1 rings (SSSR count). The Balaban J connectivity index is 3.05. The number of hydrogen-bond donors (Lipinski definition) is 1. The molecule has 0 aliphatic carbocycles. The van der Waals surface area contributed by atoms with E-state index in [2.05, 4.69) is 14.7 Å². The quantitative estimate of drug-likeness (QED) is 0.487. The minimum absolute atomic E-state index is 0.0394. The highest BCUT2D eigenvalue weighted by Crippen LogP contribution is 1.93. The number of hydrogen-bond acceptors (Lipinski definition) is 5. The number of nitrogens with zero attached hydrogens (tertiary/aromatic N) is 3. The smallest absolute Gasteiger partial charge is 0.319 e. The number of rotatable bonds is 0. The van der Waals surface area contributed by atoms with Crippen LogP contribution in [0.2, 0.25) is 0 Å². The molecule has 0 atom stereocenters. The lowest BCUT2D eigenvalue weighted by molar-refractivity contribution is 0.432. The number of aromatic nitrogens is 2. The number of nitrogens with two attached hydrogens (primary N) is 1. The molecular weight excluding hydrogens is 108 g/mol. The molecule has 5 heteroatoms. The summed E-state index contributed by atoms with van der Waals surface area (Å²) in [6.45, 7) is 0. The van der Waals surface area contributed by atoms with Crippen LogP contribution in [0.4, 0.5) is 6.01 Å². The van der Waals surface area contributed by atoms with E-state index in [1.165, 1.54) is 0 Å². The lowest BCUT2D eigenvalue weighted by Gasteiger charge is -1.65. The van der Waals surface area contributed by atoms with Gasteiger partial charge in [-0.2, -0.15) is 10.2 Å². The van der Waals surface area contributed by atoms with Crippen LogP contribution in [-0.2, 0) is 0 Å². The van der Waals surface area contributed by atoms with E-state index in [4.69, 9.17) is 11.0 Å². The minimum Gasteiger partial charge on any atom is -0.351 e. The molecule has 0 saturated heterocycles. The molecule has 0 spiro atoms. The number of nitrogen functional groups attached to an aromatic ring is 1. The van der Waals surface area contributed by atoms with Gasteiger partial charge in [-0.3, -0.25) is 0 Å². The van der Waals surface area contributed by atoms with Crippen LogP contribution in [0.5, 0.6) is 0 Å². The van der Waals surface area contributed by atoms with Gasteiger partial charge in [0.2, 0.25) is 0 Å². The topological polar surface area (TPSA) is 88.7 Å². The van der Waals surface area contributed by atoms with Crippen molar-refractivity contribution in [1.29, 1.82) is 5.26 Å². The van der Waals surface area contributed by atoms with Crippen LogP contribution >= 0.6 is 0 Å². The van der Waals surface area contributed by atoms with Gasteiger partial charge < -0.3 is 10.3 Å². The Morgan fingerprint density at radius 2 is 2.50 bits per heavy atom. The van der Waals surface area contributed by atoms with Crippen LogP contribution in [0.25, 0.3) is 0 Å². The minimum atomic E-state index is -0.0819. The first-order valence-corrected chi connectivity index (χ1v) is 1.82. The Hall–Kier alpha value is -1.57. The summed E-state index contributed by atoms with van der Waals surface area (Å²) < 4.78 is 4.25. The molecule has 1 aromatic heterocycles. The summed E-state index contributed by atoms with van der Waals surface area (Å²) in [6, 6.07) is 1.57. The van der Waals surface area contributed by atoms with E-state index in [0.717, 1.165) is 0 Å². The highest BCUT2D eigenvalue weighted by atomic mass is 16.5. The van der Waals surface area contributed by atoms with Crippen molar-refractivity contribution in [1.82, 2.24) is 10.1 Å². The first-order valence-electron chi connectivity index (χ1n) is 1.82. The first kappa shape index (κ1) is 4.59. The van der Waals surface area contributed by atoms with Gasteiger partial charge in [-0.05, 0) is 5.16 Å². The molecule has 0 radical (unpaired) electrons. The highest BCUT2D eigenvalue weighted by molar-refractivity contribution is 5.15. The van der Waals surface area contributed by atoms with Gasteiger partial charge in [-0.1, -0.05) is 0 Å². The Morgan fingerprint density at radius 1 is 1.75 bits per heavy atom. The van der Waals surface area contributed by atoms with Crippen molar-refractivity contribution >= 4 is 6.01 Å². The van der Waals surface area contributed by atoms with E-state index < -0.39 is 0 Å². The monoisotopic (exact) mass is 110 g/mol. The molecule has 0 aromatic carbocycles. The zero-order valence-corrected chi connectivity index (χ0v) is 3.83. The Kier molecular flexibility index (Phi) is 0.860. The molecule has 0 unspecified atom stereocenters. The second-order valence-electron chi connectivity index (χ2n) is 1.07. The summed E-state index contributed by atoms with van der Waals surface area (Å²) >= 11 is 0. The molecule has 5 nitrogen and oxygen atoms in total. The molecule has 1 aromatic rings. The Labute approximate surface area is 44.7 Å². The molecular formula is C3H2N4O. The summed E-state index contributed by atoms with van der Waals surface area (Å²) in [5.41, 5.74) is 4.96. The highest BCUT2D eigenvalue weighted by Gasteiger charge is 1.96. The summed E-state index contributed by atoms with van der Waals surface area (Å²) in [5.74, 6) is -0.0394. The van der Waals surface area contributed by atoms with Gasteiger partial charge in [0, 0.05) is 0 Å². The van der Waals surface area contributed by atoms with E-state index in [1.807, 2.05) is 0 Å². The van der Waals surface area contributed by atoms with Crippen LogP contribution in [0.3, 0.4) is 0 Å². The fourth-order valence-corrected chi connectivity index (χ4v) is 0.281. The van der Waals surface area contributed by atoms with Gasteiger partial charge in [0.05, 0.1) is 0 Å². The van der Waals surface area contributed by atoms with E-state index in [0.29, 0.717) is 0 Å². The third kappa shape index (κ3) is 0.586. The van der Waals surface area contributed by atoms with Crippen molar-refractivity contribution in [3.63, 3.8) is 0 Å². The van der Waals surface area contributed by atoms with Gasteiger partial charge in [-0.25, -0.2) is 0 Å². The largest absolute Gasteiger partial charge is 0.351 e. The predicted molar refractivity (Wildman–Crippen MR) is 23.4 cm³/mol. The molecule has 0 bridgehead atoms. The van der Waals surface area contributed by atoms with Gasteiger partial charge in [0.25, 0.3) is 5.82 Å². The molecule has 0 aliphatic rings. The number of nitriles is 1. The summed E-state index contributed by atoms with van der Waals surface area (Å²) in [4.78, 5) is 3.37.